The lowest BCUT2D eigenvalue weighted by molar-refractivity contribution is 1.19. The molecule has 0 bridgehead atoms. The fourth-order valence-corrected chi connectivity index (χ4v) is 2.53. The number of aromatic nitrogens is 1. The standard InChI is InChI=1S/C19H19N3.C2H4/c1-13-3-5-15(6-4-13)12-16-9-10-21-19-17(14(2)11-16)7-8-18(20)22-19;1-2/h3-11H,12H2,1-2H3,(H2,20,21,22);1-2H2. The predicted octanol–water partition coefficient (Wildman–Crippen LogP) is 5.06. The van der Waals surface area contributed by atoms with Gasteiger partial charge in [-0.3, -0.25) is 0 Å². The molecule has 0 fully saturated rings. The number of pyridine rings is 1. The summed E-state index contributed by atoms with van der Waals surface area (Å²) < 4.78 is 0. The number of fused-ring (bicyclic) bond motifs is 1. The highest BCUT2D eigenvalue weighted by Crippen LogP contribution is 2.28. The van der Waals surface area contributed by atoms with Crippen LogP contribution in [0.15, 0.2) is 72.3 Å². The van der Waals surface area contributed by atoms with E-state index in [0.717, 1.165) is 17.6 Å². The van der Waals surface area contributed by atoms with Crippen LogP contribution in [0, 0.1) is 6.92 Å². The molecule has 0 atom stereocenters. The molecular formula is C21H23N3. The number of nitrogens with zero attached hydrogens (tertiary/aromatic N) is 2. The maximum Gasteiger partial charge on any atom is 0.161 e. The van der Waals surface area contributed by atoms with Crippen molar-refractivity contribution in [3.8, 4) is 0 Å². The van der Waals surface area contributed by atoms with Crippen molar-refractivity contribution in [2.75, 3.05) is 5.73 Å². The van der Waals surface area contributed by atoms with Gasteiger partial charge in [0.1, 0.15) is 5.82 Å². The van der Waals surface area contributed by atoms with Crippen LogP contribution in [-0.2, 0) is 6.42 Å². The van der Waals surface area contributed by atoms with E-state index in [-0.39, 0.29) is 0 Å². The van der Waals surface area contributed by atoms with Gasteiger partial charge in [-0.05, 0) is 55.2 Å². The smallest absolute Gasteiger partial charge is 0.161 e. The van der Waals surface area contributed by atoms with Crippen molar-refractivity contribution >= 4 is 23.4 Å². The van der Waals surface area contributed by atoms with Crippen LogP contribution in [0.4, 0.5) is 11.6 Å². The summed E-state index contributed by atoms with van der Waals surface area (Å²) in [6.45, 7) is 10.2. The Morgan fingerprint density at radius 3 is 2.42 bits per heavy atom. The summed E-state index contributed by atoms with van der Waals surface area (Å²) in [5.74, 6) is 1.17. The number of aliphatic imine (C=N–C) groups is 1. The van der Waals surface area contributed by atoms with E-state index in [1.165, 1.54) is 16.7 Å². The van der Waals surface area contributed by atoms with Gasteiger partial charge in [-0.15, -0.1) is 13.2 Å². The largest absolute Gasteiger partial charge is 0.384 e. The molecule has 122 valence electrons. The molecule has 1 aromatic carbocycles. The third kappa shape index (κ3) is 4.29. The van der Waals surface area contributed by atoms with E-state index >= 15 is 0 Å². The van der Waals surface area contributed by atoms with Gasteiger partial charge < -0.3 is 5.73 Å². The number of benzene rings is 1. The Balaban J connectivity index is 0.00000100. The highest BCUT2D eigenvalue weighted by atomic mass is 15.0. The quantitative estimate of drug-likeness (QED) is 0.787. The Bertz CT molecular complexity index is 796. The molecule has 3 heteroatoms. The zero-order valence-electron chi connectivity index (χ0n) is 14.3. The number of nitrogen functional groups attached to an aromatic ring is 1. The fourth-order valence-electron chi connectivity index (χ4n) is 2.53. The average molecular weight is 317 g/mol. The average Bonchev–Trinajstić information content (AvgIpc) is 2.57. The Kier molecular flexibility index (Phi) is 5.85. The highest BCUT2D eigenvalue weighted by molar-refractivity contribution is 5.83. The first-order chi connectivity index (χ1) is 11.6. The van der Waals surface area contributed by atoms with Crippen molar-refractivity contribution in [2.45, 2.75) is 20.3 Å². The molecule has 0 aliphatic carbocycles. The molecule has 1 aliphatic rings. The lowest BCUT2D eigenvalue weighted by atomic mass is 9.98. The first-order valence-electron chi connectivity index (χ1n) is 7.86. The van der Waals surface area contributed by atoms with Crippen molar-refractivity contribution in [2.24, 2.45) is 4.99 Å². The molecule has 2 aromatic rings. The van der Waals surface area contributed by atoms with Crippen LogP contribution in [0.25, 0.3) is 5.57 Å². The van der Waals surface area contributed by atoms with Gasteiger partial charge in [-0.2, -0.15) is 0 Å². The second-order valence-electron chi connectivity index (χ2n) is 5.62. The molecule has 0 saturated heterocycles. The molecule has 0 amide bonds. The molecular weight excluding hydrogens is 294 g/mol. The highest BCUT2D eigenvalue weighted by Gasteiger charge is 2.08. The number of hydrogen-bond acceptors (Lipinski definition) is 3. The minimum atomic E-state index is 0.494. The van der Waals surface area contributed by atoms with Crippen molar-refractivity contribution in [3.63, 3.8) is 0 Å². The van der Waals surface area contributed by atoms with Gasteiger partial charge in [0.05, 0.1) is 0 Å². The molecule has 1 aliphatic heterocycles. The van der Waals surface area contributed by atoms with Gasteiger partial charge in [-0.25, -0.2) is 9.98 Å². The Morgan fingerprint density at radius 1 is 1.00 bits per heavy atom. The van der Waals surface area contributed by atoms with Crippen molar-refractivity contribution < 1.29 is 0 Å². The summed E-state index contributed by atoms with van der Waals surface area (Å²) >= 11 is 0. The molecule has 2 N–H and O–H groups in total. The third-order valence-electron chi connectivity index (χ3n) is 3.74. The molecule has 0 spiro atoms. The second-order valence-corrected chi connectivity index (χ2v) is 5.62. The van der Waals surface area contributed by atoms with E-state index in [1.54, 1.807) is 6.21 Å². The van der Waals surface area contributed by atoms with Crippen LogP contribution in [-0.4, -0.2) is 11.2 Å². The molecule has 1 aromatic heterocycles. The first kappa shape index (κ1) is 17.4. The number of hydrogen-bond donors (Lipinski definition) is 1. The van der Waals surface area contributed by atoms with Crippen molar-refractivity contribution in [3.05, 3.63) is 84.0 Å². The Hall–Kier alpha value is -2.94. The summed E-state index contributed by atoms with van der Waals surface area (Å²) in [5.41, 5.74) is 11.7. The van der Waals surface area contributed by atoms with Crippen molar-refractivity contribution in [1.82, 2.24) is 4.98 Å². The van der Waals surface area contributed by atoms with Gasteiger partial charge in [0.2, 0.25) is 0 Å². The maximum absolute atomic E-state index is 5.74. The minimum Gasteiger partial charge on any atom is -0.384 e. The predicted molar refractivity (Wildman–Crippen MR) is 105 cm³/mol. The topological polar surface area (TPSA) is 51.3 Å². The van der Waals surface area contributed by atoms with Crippen LogP contribution in [0.3, 0.4) is 0 Å². The van der Waals surface area contributed by atoms with Crippen LogP contribution < -0.4 is 5.73 Å². The van der Waals surface area contributed by atoms with Crippen LogP contribution >= 0.6 is 0 Å². The van der Waals surface area contributed by atoms with E-state index in [4.69, 9.17) is 5.73 Å². The van der Waals surface area contributed by atoms with Gasteiger partial charge in [-0.1, -0.05) is 35.9 Å². The monoisotopic (exact) mass is 317 g/mol. The second kappa shape index (κ2) is 8.06. The molecule has 2 heterocycles. The molecule has 0 saturated carbocycles. The van der Waals surface area contributed by atoms with Crippen LogP contribution in [0.2, 0.25) is 0 Å². The molecule has 0 radical (unpaired) electrons. The third-order valence-corrected chi connectivity index (χ3v) is 3.74. The molecule has 3 rings (SSSR count). The number of anilines is 1. The van der Waals surface area contributed by atoms with Crippen LogP contribution in [0.5, 0.6) is 0 Å². The summed E-state index contributed by atoms with van der Waals surface area (Å²) in [5, 5.41) is 0. The summed E-state index contributed by atoms with van der Waals surface area (Å²) in [7, 11) is 0. The summed E-state index contributed by atoms with van der Waals surface area (Å²) in [4.78, 5) is 8.72. The SMILES string of the molecule is C/C1=C\C(Cc2ccc(C)cc2)=C/C=Nc2nc(N)ccc21.C=C. The van der Waals surface area contributed by atoms with Gasteiger partial charge in [0, 0.05) is 11.8 Å². The molecule has 0 unspecified atom stereocenters. The normalized spacial score (nSPS) is 17.1. The molecule has 24 heavy (non-hydrogen) atoms. The summed E-state index contributed by atoms with van der Waals surface area (Å²) in [6.07, 6.45) is 6.93. The number of allylic oxidation sites excluding steroid dienone is 4. The lowest BCUT2D eigenvalue weighted by Gasteiger charge is -2.10. The number of rotatable bonds is 2. The van der Waals surface area contributed by atoms with Gasteiger partial charge in [0.25, 0.3) is 0 Å². The van der Waals surface area contributed by atoms with E-state index in [9.17, 15) is 0 Å². The van der Waals surface area contributed by atoms with Crippen LogP contribution in [0.1, 0.15) is 23.6 Å². The minimum absolute atomic E-state index is 0.494. The first-order valence-corrected chi connectivity index (χ1v) is 7.86. The zero-order chi connectivity index (χ0) is 17.5. The number of aryl methyl sites for hydroxylation is 1. The van der Waals surface area contributed by atoms with Crippen molar-refractivity contribution in [1.29, 1.82) is 0 Å². The van der Waals surface area contributed by atoms with Gasteiger partial charge in [0.15, 0.2) is 5.82 Å². The maximum atomic E-state index is 5.74. The van der Waals surface area contributed by atoms with Gasteiger partial charge >= 0.3 is 0 Å². The van der Waals surface area contributed by atoms with E-state index in [1.807, 2.05) is 18.2 Å². The lowest BCUT2D eigenvalue weighted by Crippen LogP contribution is -1.96. The fraction of sp³-hybridized carbons (Fsp3) is 0.143. The van der Waals surface area contributed by atoms with E-state index in [0.29, 0.717) is 11.6 Å². The van der Waals surface area contributed by atoms with E-state index < -0.39 is 0 Å². The van der Waals surface area contributed by atoms with E-state index in [2.05, 4.69) is 67.3 Å². The zero-order valence-corrected chi connectivity index (χ0v) is 14.3. The number of nitrogens with two attached hydrogens (primary N) is 1. The summed E-state index contributed by atoms with van der Waals surface area (Å²) in [6, 6.07) is 12.4. The molecule has 3 nitrogen and oxygen atoms in total. The Labute approximate surface area is 144 Å². The Morgan fingerprint density at radius 2 is 1.71 bits per heavy atom.